The molecule has 2 aliphatic heterocycles. The number of carbonyl (C=O) groups is 4. The summed E-state index contributed by atoms with van der Waals surface area (Å²) in [5.41, 5.74) is 14.0. The predicted molar refractivity (Wildman–Crippen MR) is 125 cm³/mol. The molecule has 4 atom stereocenters. The number of nitrogens with zero attached hydrogens (tertiary/aromatic N) is 2. The molecule has 2 fully saturated rings. The number of rotatable bonds is 2. The third kappa shape index (κ3) is 2.85. The first-order chi connectivity index (χ1) is 16.4. The highest BCUT2D eigenvalue weighted by Gasteiger charge is 2.45. The summed E-state index contributed by atoms with van der Waals surface area (Å²) >= 11 is 0. The highest BCUT2D eigenvalue weighted by molar-refractivity contribution is 6.33. The lowest BCUT2D eigenvalue weighted by Gasteiger charge is -2.41. The number of benzene rings is 2. The molecular formula is C26H28N4O4. The molecule has 2 aromatic carbocycles. The zero-order chi connectivity index (χ0) is 23.7. The van der Waals surface area contributed by atoms with Crippen LogP contribution in [0.5, 0.6) is 0 Å². The van der Waals surface area contributed by atoms with Crippen molar-refractivity contribution in [3.8, 4) is 0 Å². The third-order valence-corrected chi connectivity index (χ3v) is 8.18. The van der Waals surface area contributed by atoms with Crippen molar-refractivity contribution in [2.75, 3.05) is 0 Å². The van der Waals surface area contributed by atoms with E-state index >= 15 is 0 Å². The molecule has 2 heterocycles. The lowest BCUT2D eigenvalue weighted by Crippen LogP contribution is -2.56. The number of amides is 4. The van der Waals surface area contributed by atoms with E-state index < -0.39 is 23.6 Å². The van der Waals surface area contributed by atoms with Crippen molar-refractivity contribution in [1.82, 2.24) is 9.80 Å². The highest BCUT2D eigenvalue weighted by Crippen LogP contribution is 2.40. The zero-order valence-corrected chi connectivity index (χ0v) is 19.0. The van der Waals surface area contributed by atoms with Gasteiger partial charge in [-0.15, -0.1) is 0 Å². The summed E-state index contributed by atoms with van der Waals surface area (Å²) in [5.74, 6) is -1.61. The minimum atomic E-state index is -0.403. The summed E-state index contributed by atoms with van der Waals surface area (Å²) in [6.45, 7) is 0. The summed E-state index contributed by atoms with van der Waals surface area (Å²) in [6, 6.07) is 5.26. The lowest BCUT2D eigenvalue weighted by molar-refractivity contribution is 0.0459. The number of imide groups is 2. The summed E-state index contributed by atoms with van der Waals surface area (Å²) < 4.78 is 0. The van der Waals surface area contributed by atoms with Crippen molar-refractivity contribution >= 4 is 34.4 Å². The number of hydrogen-bond donors (Lipinski definition) is 2. The molecule has 8 nitrogen and oxygen atoms in total. The lowest BCUT2D eigenvalue weighted by atomic mass is 9.82. The van der Waals surface area contributed by atoms with Crippen molar-refractivity contribution < 1.29 is 19.2 Å². The quantitative estimate of drug-likeness (QED) is 0.663. The number of nitrogens with two attached hydrogens (primary N) is 2. The molecule has 0 saturated heterocycles. The van der Waals surface area contributed by atoms with Crippen LogP contribution in [0.1, 0.15) is 92.8 Å². The van der Waals surface area contributed by atoms with E-state index in [1.54, 1.807) is 24.3 Å². The van der Waals surface area contributed by atoms with Crippen molar-refractivity contribution in [2.45, 2.75) is 75.5 Å². The molecule has 4 aliphatic rings. The van der Waals surface area contributed by atoms with Crippen LogP contribution in [0.2, 0.25) is 0 Å². The fourth-order valence-electron chi connectivity index (χ4n) is 6.44. The van der Waals surface area contributed by atoms with Gasteiger partial charge in [-0.1, -0.05) is 25.7 Å². The van der Waals surface area contributed by atoms with Crippen LogP contribution < -0.4 is 11.5 Å². The van der Waals surface area contributed by atoms with Crippen molar-refractivity contribution in [1.29, 1.82) is 0 Å². The standard InChI is InChI=1S/C26H28N4O4/c27-17-5-1-3-7-19(17)29-23(31)13-9-11-15-22-16(12-10-14(21(13)22)24(29)32)26(34)30(25(15)33)20-8-4-2-6-18(20)28/h9-12,17-20H,1-8,27-28H2/t17-,18-,19-,20?/m0/s1. The van der Waals surface area contributed by atoms with Crippen molar-refractivity contribution in [2.24, 2.45) is 11.5 Å². The SMILES string of the molecule is N[C@H]1CCCCC1N1C(=O)c2ccc3c4c(ccc(c24)C1=O)C(=O)N([C@H]1CCCC[C@@H]1N)C3=O. The maximum Gasteiger partial charge on any atom is 0.261 e. The molecule has 4 amide bonds. The van der Waals surface area contributed by atoms with Crippen LogP contribution >= 0.6 is 0 Å². The Morgan fingerprint density at radius 2 is 0.824 bits per heavy atom. The molecule has 2 aliphatic carbocycles. The van der Waals surface area contributed by atoms with Gasteiger partial charge in [-0.05, 0) is 49.9 Å². The van der Waals surface area contributed by atoms with E-state index in [1.165, 1.54) is 9.80 Å². The fourth-order valence-corrected chi connectivity index (χ4v) is 6.44. The zero-order valence-electron chi connectivity index (χ0n) is 19.0. The molecule has 34 heavy (non-hydrogen) atoms. The van der Waals surface area contributed by atoms with Crippen molar-refractivity contribution in [3.05, 3.63) is 46.5 Å². The van der Waals surface area contributed by atoms with Crippen LogP contribution in [-0.4, -0.2) is 57.6 Å². The van der Waals surface area contributed by atoms with Gasteiger partial charge in [-0.2, -0.15) is 0 Å². The van der Waals surface area contributed by atoms with Crippen molar-refractivity contribution in [3.63, 3.8) is 0 Å². The number of carbonyl (C=O) groups excluding carboxylic acids is 4. The Balaban J connectivity index is 1.49. The minimum Gasteiger partial charge on any atom is -0.326 e. The minimum absolute atomic E-state index is 0.257. The van der Waals surface area contributed by atoms with Gasteiger partial charge in [0.1, 0.15) is 0 Å². The van der Waals surface area contributed by atoms with Gasteiger partial charge in [0.2, 0.25) is 0 Å². The molecule has 0 bridgehead atoms. The first-order valence-corrected chi connectivity index (χ1v) is 12.3. The normalized spacial score (nSPS) is 29.2. The van der Waals surface area contributed by atoms with Gasteiger partial charge < -0.3 is 11.5 Å². The molecule has 8 heteroatoms. The fraction of sp³-hybridized carbons (Fsp3) is 0.462. The van der Waals surface area contributed by atoms with E-state index in [1.807, 2.05) is 0 Å². The average molecular weight is 461 g/mol. The molecule has 2 aromatic rings. The first kappa shape index (κ1) is 21.4. The Hall–Kier alpha value is -3.10. The van der Waals surface area contributed by atoms with Crippen LogP contribution in [0.25, 0.3) is 10.8 Å². The van der Waals surface area contributed by atoms with Crippen LogP contribution in [0.3, 0.4) is 0 Å². The highest BCUT2D eigenvalue weighted by atomic mass is 16.2. The smallest absolute Gasteiger partial charge is 0.261 e. The Kier molecular flexibility index (Phi) is 4.86. The third-order valence-electron chi connectivity index (χ3n) is 8.18. The van der Waals surface area contributed by atoms with E-state index in [4.69, 9.17) is 11.5 Å². The van der Waals surface area contributed by atoms with Crippen LogP contribution in [-0.2, 0) is 0 Å². The Labute approximate surface area is 197 Å². The van der Waals surface area contributed by atoms with Gasteiger partial charge in [0.15, 0.2) is 0 Å². The summed E-state index contributed by atoms with van der Waals surface area (Å²) in [7, 11) is 0. The molecule has 176 valence electrons. The largest absolute Gasteiger partial charge is 0.326 e. The maximum atomic E-state index is 13.6. The summed E-state index contributed by atoms with van der Waals surface area (Å²) in [5, 5.41) is 0.805. The Morgan fingerprint density at radius 3 is 1.12 bits per heavy atom. The van der Waals surface area contributed by atoms with E-state index in [2.05, 4.69) is 0 Å². The number of hydrogen-bond acceptors (Lipinski definition) is 6. The van der Waals surface area contributed by atoms with E-state index in [0.717, 1.165) is 38.5 Å². The van der Waals surface area contributed by atoms with Gasteiger partial charge >= 0.3 is 0 Å². The van der Waals surface area contributed by atoms with Gasteiger partial charge in [0, 0.05) is 45.1 Å². The Morgan fingerprint density at radius 1 is 0.529 bits per heavy atom. The molecule has 1 unspecified atom stereocenters. The summed E-state index contributed by atoms with van der Waals surface area (Å²) in [6.07, 6.45) is 6.70. The second kappa shape index (κ2) is 7.71. The molecule has 0 spiro atoms. The molecule has 4 N–H and O–H groups in total. The monoisotopic (exact) mass is 460 g/mol. The molecule has 0 aromatic heterocycles. The topological polar surface area (TPSA) is 127 Å². The van der Waals surface area contributed by atoms with E-state index in [0.29, 0.717) is 45.9 Å². The van der Waals surface area contributed by atoms with Crippen LogP contribution in [0, 0.1) is 0 Å². The first-order valence-electron chi connectivity index (χ1n) is 12.3. The maximum absolute atomic E-state index is 13.6. The van der Waals surface area contributed by atoms with Crippen LogP contribution in [0.4, 0.5) is 0 Å². The Bertz CT molecular complexity index is 1100. The average Bonchev–Trinajstić information content (AvgIpc) is 2.83. The van der Waals surface area contributed by atoms with Gasteiger partial charge in [0.05, 0.1) is 12.1 Å². The predicted octanol–water partition coefficient (Wildman–Crippen LogP) is 2.57. The molecule has 6 rings (SSSR count). The van der Waals surface area contributed by atoms with Gasteiger partial charge in [-0.3, -0.25) is 29.0 Å². The van der Waals surface area contributed by atoms with Gasteiger partial charge in [-0.25, -0.2) is 0 Å². The van der Waals surface area contributed by atoms with E-state index in [9.17, 15) is 19.2 Å². The van der Waals surface area contributed by atoms with Gasteiger partial charge in [0.25, 0.3) is 23.6 Å². The summed E-state index contributed by atoms with van der Waals surface area (Å²) in [4.78, 5) is 56.8. The molecule has 0 radical (unpaired) electrons. The van der Waals surface area contributed by atoms with E-state index in [-0.39, 0.29) is 24.2 Å². The molecular weight excluding hydrogens is 432 g/mol. The molecule has 2 saturated carbocycles. The van der Waals surface area contributed by atoms with Crippen LogP contribution in [0.15, 0.2) is 24.3 Å². The second-order valence-corrected chi connectivity index (χ2v) is 10.1. The second-order valence-electron chi connectivity index (χ2n) is 10.1.